The van der Waals surface area contributed by atoms with Gasteiger partial charge in [-0.25, -0.2) is 9.97 Å². The zero-order valence-electron chi connectivity index (χ0n) is 15.8. The minimum Gasteiger partial charge on any atom is -0.366 e. The average molecular weight is 383 g/mol. The fourth-order valence-electron chi connectivity index (χ4n) is 4.31. The lowest BCUT2D eigenvalue weighted by Gasteiger charge is -2.23. The Morgan fingerprint density at radius 3 is 2.66 bits per heavy atom. The van der Waals surface area contributed by atoms with Gasteiger partial charge in [0, 0.05) is 30.4 Å². The second-order valence-corrected chi connectivity index (χ2v) is 7.37. The molecule has 0 bridgehead atoms. The summed E-state index contributed by atoms with van der Waals surface area (Å²) in [4.78, 5) is 20.5. The van der Waals surface area contributed by atoms with Gasteiger partial charge in [-0.05, 0) is 28.5 Å². The van der Waals surface area contributed by atoms with E-state index in [2.05, 4.69) is 63.1 Å². The summed E-state index contributed by atoms with van der Waals surface area (Å²) in [6, 6.07) is 20.5. The van der Waals surface area contributed by atoms with Crippen LogP contribution in [-0.2, 0) is 0 Å². The van der Waals surface area contributed by atoms with E-state index in [0.717, 1.165) is 24.3 Å². The molecule has 6 nitrogen and oxygen atoms in total. The van der Waals surface area contributed by atoms with Gasteiger partial charge in [0.25, 0.3) is 5.91 Å². The predicted molar refractivity (Wildman–Crippen MR) is 115 cm³/mol. The first-order valence-electron chi connectivity index (χ1n) is 9.71. The van der Waals surface area contributed by atoms with E-state index < -0.39 is 5.91 Å². The van der Waals surface area contributed by atoms with Crippen LogP contribution >= 0.6 is 0 Å². The van der Waals surface area contributed by atoms with Crippen LogP contribution < -0.4 is 16.4 Å². The van der Waals surface area contributed by atoms with Crippen molar-refractivity contribution in [2.75, 3.05) is 18.4 Å². The number of amides is 1. The average Bonchev–Trinajstić information content (AvgIpc) is 3.21. The van der Waals surface area contributed by atoms with Crippen molar-refractivity contribution in [2.45, 2.75) is 12.0 Å². The number of nitrogens with two attached hydrogens (primary N) is 1. The van der Waals surface area contributed by atoms with Gasteiger partial charge in [0.1, 0.15) is 12.1 Å². The summed E-state index contributed by atoms with van der Waals surface area (Å²) < 4.78 is 0. The minimum atomic E-state index is -0.489. The molecule has 1 saturated heterocycles. The number of nitrogens with one attached hydrogen (secondary N) is 2. The Labute approximate surface area is 168 Å². The molecule has 0 radical (unpaired) electrons. The summed E-state index contributed by atoms with van der Waals surface area (Å²) in [6.07, 6.45) is 1.48. The van der Waals surface area contributed by atoms with Gasteiger partial charge < -0.3 is 16.4 Å². The lowest BCUT2D eigenvalue weighted by atomic mass is 9.90. The molecule has 144 valence electrons. The Morgan fingerprint density at radius 1 is 0.966 bits per heavy atom. The standard InChI is InChI=1S/C23H21N5O/c24-22(29)17-9-4-10-18-21(17)26-13-27-23(18)28-20-12-25-11-19(20)16-8-3-6-14-5-1-2-7-15(14)16/h1-10,13,19-20,25H,11-12H2,(H2,24,29)(H,26,27,28)/t19-,20+/m1/s1. The van der Waals surface area contributed by atoms with Crippen LogP contribution in [0, 0.1) is 0 Å². The lowest BCUT2D eigenvalue weighted by Crippen LogP contribution is -2.28. The highest BCUT2D eigenvalue weighted by molar-refractivity contribution is 6.06. The van der Waals surface area contributed by atoms with E-state index in [4.69, 9.17) is 5.73 Å². The van der Waals surface area contributed by atoms with Crippen molar-refractivity contribution in [3.05, 3.63) is 78.1 Å². The van der Waals surface area contributed by atoms with Gasteiger partial charge in [-0.1, -0.05) is 48.5 Å². The molecular weight excluding hydrogens is 362 g/mol. The zero-order chi connectivity index (χ0) is 19.8. The summed E-state index contributed by atoms with van der Waals surface area (Å²) in [5.41, 5.74) is 7.82. The van der Waals surface area contributed by atoms with Crippen molar-refractivity contribution >= 4 is 33.4 Å². The number of benzene rings is 3. The van der Waals surface area contributed by atoms with Crippen LogP contribution in [0.3, 0.4) is 0 Å². The molecule has 1 fully saturated rings. The van der Waals surface area contributed by atoms with Crippen LogP contribution in [0.15, 0.2) is 67.0 Å². The number of nitrogens with zero attached hydrogens (tertiary/aromatic N) is 2. The van der Waals surface area contributed by atoms with Crippen molar-refractivity contribution in [3.8, 4) is 0 Å². The first-order valence-corrected chi connectivity index (χ1v) is 9.71. The fourth-order valence-corrected chi connectivity index (χ4v) is 4.31. The second-order valence-electron chi connectivity index (χ2n) is 7.37. The molecule has 6 heteroatoms. The van der Waals surface area contributed by atoms with Crippen LogP contribution in [0.4, 0.5) is 5.82 Å². The Balaban J connectivity index is 1.54. The largest absolute Gasteiger partial charge is 0.366 e. The van der Waals surface area contributed by atoms with Gasteiger partial charge in [-0.3, -0.25) is 4.79 Å². The number of rotatable bonds is 4. The van der Waals surface area contributed by atoms with Crippen molar-refractivity contribution < 1.29 is 4.79 Å². The number of hydrogen-bond acceptors (Lipinski definition) is 5. The van der Waals surface area contributed by atoms with Gasteiger partial charge in [0.2, 0.25) is 0 Å². The molecule has 0 spiro atoms. The fraction of sp³-hybridized carbons (Fsp3) is 0.174. The maximum Gasteiger partial charge on any atom is 0.250 e. The molecule has 1 aliphatic rings. The normalized spacial score (nSPS) is 18.9. The number of aromatic nitrogens is 2. The van der Waals surface area contributed by atoms with E-state index in [-0.39, 0.29) is 6.04 Å². The number of primary amides is 1. The second kappa shape index (κ2) is 7.14. The molecule has 0 unspecified atom stereocenters. The van der Waals surface area contributed by atoms with E-state index >= 15 is 0 Å². The third-order valence-corrected chi connectivity index (χ3v) is 5.69. The summed E-state index contributed by atoms with van der Waals surface area (Å²) in [5.74, 6) is 0.527. The van der Waals surface area contributed by atoms with Crippen molar-refractivity contribution in [3.63, 3.8) is 0 Å². The molecule has 3 aromatic carbocycles. The van der Waals surface area contributed by atoms with E-state index in [1.807, 2.05) is 12.1 Å². The van der Waals surface area contributed by atoms with Crippen molar-refractivity contribution in [1.82, 2.24) is 15.3 Å². The van der Waals surface area contributed by atoms with Gasteiger partial charge in [0.05, 0.1) is 11.1 Å². The Morgan fingerprint density at radius 2 is 1.76 bits per heavy atom. The third-order valence-electron chi connectivity index (χ3n) is 5.69. The topological polar surface area (TPSA) is 92.9 Å². The van der Waals surface area contributed by atoms with Crippen molar-refractivity contribution in [1.29, 1.82) is 0 Å². The molecule has 2 heterocycles. The highest BCUT2D eigenvalue weighted by Crippen LogP contribution is 2.32. The molecule has 5 rings (SSSR count). The highest BCUT2D eigenvalue weighted by atomic mass is 16.1. The lowest BCUT2D eigenvalue weighted by molar-refractivity contribution is 0.100. The molecule has 1 amide bonds. The van der Waals surface area contributed by atoms with Crippen molar-refractivity contribution in [2.24, 2.45) is 5.73 Å². The molecule has 29 heavy (non-hydrogen) atoms. The maximum atomic E-state index is 11.8. The highest BCUT2D eigenvalue weighted by Gasteiger charge is 2.30. The van der Waals surface area contributed by atoms with E-state index in [0.29, 0.717) is 17.0 Å². The van der Waals surface area contributed by atoms with Gasteiger partial charge in [0.15, 0.2) is 0 Å². The molecule has 4 N–H and O–H groups in total. The first kappa shape index (κ1) is 17.6. The Kier molecular flexibility index (Phi) is 4.33. The van der Waals surface area contributed by atoms with Crippen LogP contribution in [-0.4, -0.2) is 35.0 Å². The number of fused-ring (bicyclic) bond motifs is 2. The van der Waals surface area contributed by atoms with E-state index in [1.165, 1.54) is 22.7 Å². The van der Waals surface area contributed by atoms with Crippen LogP contribution in [0.25, 0.3) is 21.7 Å². The predicted octanol–water partition coefficient (Wildman–Crippen LogP) is 3.05. The maximum absolute atomic E-state index is 11.8. The van der Waals surface area contributed by atoms with Crippen LogP contribution in [0.1, 0.15) is 21.8 Å². The summed E-state index contributed by atoms with van der Waals surface area (Å²) in [5, 5.41) is 10.4. The summed E-state index contributed by atoms with van der Waals surface area (Å²) in [7, 11) is 0. The quantitative estimate of drug-likeness (QED) is 0.504. The number of carbonyl (C=O) groups excluding carboxylic acids is 1. The molecule has 1 aliphatic heterocycles. The molecule has 0 aliphatic carbocycles. The van der Waals surface area contributed by atoms with Gasteiger partial charge >= 0.3 is 0 Å². The number of anilines is 1. The molecular formula is C23H21N5O. The number of carbonyl (C=O) groups is 1. The molecule has 4 aromatic rings. The first-order chi connectivity index (χ1) is 14.2. The minimum absolute atomic E-state index is 0.163. The smallest absolute Gasteiger partial charge is 0.250 e. The van der Waals surface area contributed by atoms with E-state index in [1.54, 1.807) is 6.07 Å². The Hall–Kier alpha value is -3.51. The van der Waals surface area contributed by atoms with Gasteiger partial charge in [-0.2, -0.15) is 0 Å². The van der Waals surface area contributed by atoms with Crippen LogP contribution in [0.5, 0.6) is 0 Å². The monoisotopic (exact) mass is 383 g/mol. The Bertz CT molecular complexity index is 1220. The zero-order valence-corrected chi connectivity index (χ0v) is 15.8. The van der Waals surface area contributed by atoms with E-state index in [9.17, 15) is 4.79 Å². The number of hydrogen-bond donors (Lipinski definition) is 3. The SMILES string of the molecule is NC(=O)c1cccc2c(N[C@H]3CNC[C@@H]3c3cccc4ccccc34)ncnc12. The molecule has 1 aromatic heterocycles. The molecule has 0 saturated carbocycles. The third kappa shape index (κ3) is 3.07. The molecule has 2 atom stereocenters. The summed E-state index contributed by atoms with van der Waals surface area (Å²) >= 11 is 0. The summed E-state index contributed by atoms with van der Waals surface area (Å²) in [6.45, 7) is 1.72. The van der Waals surface area contributed by atoms with Gasteiger partial charge in [-0.15, -0.1) is 0 Å². The van der Waals surface area contributed by atoms with Crippen LogP contribution in [0.2, 0.25) is 0 Å². The number of para-hydroxylation sites is 1.